The van der Waals surface area contributed by atoms with E-state index in [-0.39, 0.29) is 30.7 Å². The molecule has 0 saturated carbocycles. The number of nitrogens with zero attached hydrogens (tertiary/aromatic N) is 4. The van der Waals surface area contributed by atoms with Crippen LogP contribution < -0.4 is 5.73 Å². The fraction of sp³-hybridized carbons (Fsp3) is 0.400. The molecule has 0 saturated heterocycles. The van der Waals surface area contributed by atoms with Crippen LogP contribution >= 0.6 is 24.8 Å². The number of rotatable bonds is 2. The predicted octanol–water partition coefficient (Wildman–Crippen LogP) is 1.65. The lowest BCUT2D eigenvalue weighted by molar-refractivity contribution is -0.138. The van der Waals surface area contributed by atoms with Gasteiger partial charge in [-0.1, -0.05) is 30.3 Å². The minimum atomic E-state index is -1.03. The monoisotopic (exact) mass is 357 g/mol. The van der Waals surface area contributed by atoms with E-state index in [4.69, 9.17) is 5.73 Å². The van der Waals surface area contributed by atoms with E-state index < -0.39 is 5.54 Å². The Morgan fingerprint density at radius 2 is 1.87 bits per heavy atom. The van der Waals surface area contributed by atoms with Crippen LogP contribution in [-0.4, -0.2) is 32.1 Å². The smallest absolute Gasteiger partial charge is 0.247 e. The molecule has 3 rings (SSSR count). The summed E-state index contributed by atoms with van der Waals surface area (Å²) in [5.74, 6) is 1.47. The Labute approximate surface area is 147 Å². The zero-order valence-electron chi connectivity index (χ0n) is 13.1. The lowest BCUT2D eigenvalue weighted by Crippen LogP contribution is -2.52. The summed E-state index contributed by atoms with van der Waals surface area (Å²) in [5.41, 5.74) is 6.09. The first-order valence-electron chi connectivity index (χ1n) is 7.02. The molecule has 2 heterocycles. The van der Waals surface area contributed by atoms with E-state index in [0.717, 1.165) is 17.2 Å². The van der Waals surface area contributed by atoms with Gasteiger partial charge in [0.05, 0.1) is 13.1 Å². The van der Waals surface area contributed by atoms with Crippen molar-refractivity contribution in [2.24, 2.45) is 5.73 Å². The summed E-state index contributed by atoms with van der Waals surface area (Å²) < 4.78 is 1.86. The molecule has 0 bridgehead atoms. The molecule has 2 N–H and O–H groups in total. The van der Waals surface area contributed by atoms with Gasteiger partial charge >= 0.3 is 0 Å². The Bertz CT molecular complexity index is 672. The van der Waals surface area contributed by atoms with E-state index in [1.807, 2.05) is 41.9 Å². The molecular weight excluding hydrogens is 337 g/mol. The molecule has 1 unspecified atom stereocenters. The molecule has 0 aliphatic carbocycles. The van der Waals surface area contributed by atoms with Crippen LogP contribution in [0.25, 0.3) is 0 Å². The van der Waals surface area contributed by atoms with Crippen LogP contribution in [0.5, 0.6) is 0 Å². The SMILES string of the molecule is Cc1nc2n(n1)CCN(C(=O)C(C)(N)c1ccccc1)C2.Cl.Cl. The average Bonchev–Trinajstić information content (AvgIpc) is 2.86. The van der Waals surface area contributed by atoms with Crippen LogP contribution in [0.1, 0.15) is 24.1 Å². The Kier molecular flexibility index (Phi) is 6.16. The van der Waals surface area contributed by atoms with Gasteiger partial charge in [0.2, 0.25) is 5.91 Å². The first kappa shape index (κ1) is 19.4. The number of aromatic nitrogens is 3. The van der Waals surface area contributed by atoms with Gasteiger partial charge in [-0.2, -0.15) is 5.10 Å². The van der Waals surface area contributed by atoms with Crippen LogP contribution in [0.3, 0.4) is 0 Å². The van der Waals surface area contributed by atoms with Gasteiger partial charge in [0.25, 0.3) is 0 Å². The summed E-state index contributed by atoms with van der Waals surface area (Å²) >= 11 is 0. The van der Waals surface area contributed by atoms with Gasteiger partial charge < -0.3 is 10.6 Å². The van der Waals surface area contributed by atoms with E-state index in [1.54, 1.807) is 11.8 Å². The van der Waals surface area contributed by atoms with Gasteiger partial charge in [0, 0.05) is 6.54 Å². The summed E-state index contributed by atoms with van der Waals surface area (Å²) in [4.78, 5) is 18.9. The molecule has 0 fully saturated rings. The lowest BCUT2D eigenvalue weighted by Gasteiger charge is -2.34. The molecule has 1 atom stereocenters. The van der Waals surface area contributed by atoms with Gasteiger partial charge in [0.1, 0.15) is 17.2 Å². The van der Waals surface area contributed by atoms with Crippen LogP contribution in [0.4, 0.5) is 0 Å². The van der Waals surface area contributed by atoms with Crippen molar-refractivity contribution in [1.29, 1.82) is 0 Å². The van der Waals surface area contributed by atoms with Crippen molar-refractivity contribution in [3.8, 4) is 0 Å². The molecule has 1 aromatic heterocycles. The third-order valence-corrected chi connectivity index (χ3v) is 3.87. The lowest BCUT2D eigenvalue weighted by atomic mass is 9.91. The second kappa shape index (κ2) is 7.29. The Balaban J connectivity index is 0.00000132. The number of aryl methyl sites for hydroxylation is 1. The second-order valence-electron chi connectivity index (χ2n) is 5.59. The van der Waals surface area contributed by atoms with Gasteiger partial charge in [0.15, 0.2) is 0 Å². The van der Waals surface area contributed by atoms with E-state index in [9.17, 15) is 4.79 Å². The van der Waals surface area contributed by atoms with Crippen LogP contribution in [0, 0.1) is 6.92 Å². The molecule has 1 aliphatic heterocycles. The number of carbonyl (C=O) groups is 1. The minimum Gasteiger partial charge on any atom is -0.331 e. The number of hydrogen-bond donors (Lipinski definition) is 1. The number of halogens is 2. The summed E-state index contributed by atoms with van der Waals surface area (Å²) in [7, 11) is 0. The highest BCUT2D eigenvalue weighted by Gasteiger charge is 2.36. The zero-order chi connectivity index (χ0) is 15.0. The third-order valence-electron chi connectivity index (χ3n) is 3.87. The predicted molar refractivity (Wildman–Crippen MR) is 92.7 cm³/mol. The fourth-order valence-corrected chi connectivity index (χ4v) is 2.67. The largest absolute Gasteiger partial charge is 0.331 e. The van der Waals surface area contributed by atoms with Gasteiger partial charge in [-0.05, 0) is 19.4 Å². The van der Waals surface area contributed by atoms with Crippen molar-refractivity contribution in [2.75, 3.05) is 6.54 Å². The molecule has 1 aliphatic rings. The maximum atomic E-state index is 12.8. The minimum absolute atomic E-state index is 0. The number of nitrogens with two attached hydrogens (primary N) is 1. The number of hydrogen-bond acceptors (Lipinski definition) is 4. The van der Waals surface area contributed by atoms with Crippen LogP contribution in [0.2, 0.25) is 0 Å². The second-order valence-corrected chi connectivity index (χ2v) is 5.59. The van der Waals surface area contributed by atoms with E-state index in [2.05, 4.69) is 10.1 Å². The highest BCUT2D eigenvalue weighted by molar-refractivity contribution is 5.87. The Hall–Kier alpha value is -1.63. The van der Waals surface area contributed by atoms with E-state index >= 15 is 0 Å². The van der Waals surface area contributed by atoms with Gasteiger partial charge in [-0.25, -0.2) is 9.67 Å². The molecule has 6 nitrogen and oxygen atoms in total. The van der Waals surface area contributed by atoms with E-state index in [0.29, 0.717) is 19.6 Å². The molecule has 0 spiro atoms. The zero-order valence-corrected chi connectivity index (χ0v) is 14.7. The Morgan fingerprint density at radius 1 is 1.22 bits per heavy atom. The normalized spacial score (nSPS) is 15.7. The summed E-state index contributed by atoms with van der Waals surface area (Å²) in [6.45, 7) is 5.34. The standard InChI is InChI=1S/C15H19N5O.2ClH/c1-11-17-13-10-19(8-9-20(13)18-11)14(21)15(2,16)12-6-4-3-5-7-12;;/h3-7H,8-10,16H2,1-2H3;2*1H. The number of fused-ring (bicyclic) bond motifs is 1. The van der Waals surface area contributed by atoms with Crippen molar-refractivity contribution in [3.63, 3.8) is 0 Å². The maximum Gasteiger partial charge on any atom is 0.247 e. The first-order valence-corrected chi connectivity index (χ1v) is 7.02. The number of benzene rings is 1. The van der Waals surface area contributed by atoms with Crippen molar-refractivity contribution in [1.82, 2.24) is 19.7 Å². The molecule has 23 heavy (non-hydrogen) atoms. The molecular formula is C15H21Cl2N5O. The molecule has 8 heteroatoms. The highest BCUT2D eigenvalue weighted by atomic mass is 35.5. The molecule has 0 radical (unpaired) electrons. The topological polar surface area (TPSA) is 77.0 Å². The fourth-order valence-electron chi connectivity index (χ4n) is 2.67. The summed E-state index contributed by atoms with van der Waals surface area (Å²) in [6.07, 6.45) is 0. The third kappa shape index (κ3) is 3.65. The summed E-state index contributed by atoms with van der Waals surface area (Å²) in [5, 5.41) is 4.30. The van der Waals surface area contributed by atoms with Gasteiger partial charge in [-0.3, -0.25) is 4.79 Å². The average molecular weight is 358 g/mol. The maximum absolute atomic E-state index is 12.8. The first-order chi connectivity index (χ1) is 9.98. The van der Waals surface area contributed by atoms with Gasteiger partial charge in [-0.15, -0.1) is 24.8 Å². The van der Waals surface area contributed by atoms with Crippen molar-refractivity contribution in [2.45, 2.75) is 32.5 Å². The highest BCUT2D eigenvalue weighted by Crippen LogP contribution is 2.22. The van der Waals surface area contributed by atoms with Crippen molar-refractivity contribution in [3.05, 3.63) is 47.5 Å². The van der Waals surface area contributed by atoms with E-state index in [1.165, 1.54) is 0 Å². The van der Waals surface area contributed by atoms with Crippen molar-refractivity contribution >= 4 is 30.7 Å². The van der Waals surface area contributed by atoms with Crippen LogP contribution in [0.15, 0.2) is 30.3 Å². The molecule has 126 valence electrons. The molecule has 2 aromatic rings. The number of amides is 1. The summed E-state index contributed by atoms with van der Waals surface area (Å²) in [6, 6.07) is 9.47. The van der Waals surface area contributed by atoms with Crippen LogP contribution in [-0.2, 0) is 23.4 Å². The molecule has 1 aromatic carbocycles. The van der Waals surface area contributed by atoms with Crippen molar-refractivity contribution < 1.29 is 4.79 Å². The number of carbonyl (C=O) groups excluding carboxylic acids is 1. The molecule has 1 amide bonds. The quantitative estimate of drug-likeness (QED) is 0.886. The Morgan fingerprint density at radius 3 is 2.52 bits per heavy atom.